The largest absolute Gasteiger partial charge is 0.492 e. The third-order valence-electron chi connectivity index (χ3n) is 3.32. The molecule has 0 bridgehead atoms. The van der Waals surface area contributed by atoms with Crippen LogP contribution in [0.5, 0.6) is 5.75 Å². The number of carbonyl (C=O) groups excluding carboxylic acids is 1. The average Bonchev–Trinajstić information content (AvgIpc) is 2.83. The van der Waals surface area contributed by atoms with E-state index in [1.54, 1.807) is 6.20 Å². The minimum atomic E-state index is -0.180. The first kappa shape index (κ1) is 16.1. The number of hydrogen-bond donors (Lipinski definition) is 1. The normalized spacial score (nSPS) is 11.3. The van der Waals surface area contributed by atoms with Crippen molar-refractivity contribution in [2.75, 3.05) is 11.9 Å². The van der Waals surface area contributed by atoms with E-state index in [4.69, 9.17) is 4.74 Å². The van der Waals surface area contributed by atoms with E-state index in [9.17, 15) is 4.79 Å². The molecule has 0 saturated carbocycles. The van der Waals surface area contributed by atoms with Crippen molar-refractivity contribution >= 4 is 11.6 Å². The van der Waals surface area contributed by atoms with Gasteiger partial charge in [-0.25, -0.2) is 0 Å². The van der Waals surface area contributed by atoms with Gasteiger partial charge in [0.2, 0.25) is 0 Å². The van der Waals surface area contributed by atoms with Crippen molar-refractivity contribution in [3.05, 3.63) is 41.7 Å². The van der Waals surface area contributed by atoms with Crippen molar-refractivity contribution in [1.29, 1.82) is 0 Å². The Morgan fingerprint density at radius 1 is 1.32 bits per heavy atom. The van der Waals surface area contributed by atoms with E-state index in [0.29, 0.717) is 23.6 Å². The van der Waals surface area contributed by atoms with Crippen LogP contribution in [0.4, 0.5) is 5.69 Å². The highest BCUT2D eigenvalue weighted by atomic mass is 16.5. The molecule has 5 heteroatoms. The lowest BCUT2D eigenvalue weighted by molar-refractivity contribution is 0.102. The molecule has 0 aliphatic carbocycles. The van der Waals surface area contributed by atoms with E-state index in [-0.39, 0.29) is 11.4 Å². The van der Waals surface area contributed by atoms with Gasteiger partial charge in [0.1, 0.15) is 5.75 Å². The van der Waals surface area contributed by atoms with Crippen LogP contribution in [0.15, 0.2) is 30.5 Å². The topological polar surface area (TPSA) is 56.1 Å². The Morgan fingerprint density at radius 2 is 2.00 bits per heavy atom. The number of nitrogens with one attached hydrogen (secondary N) is 1. The predicted molar refractivity (Wildman–Crippen MR) is 87.5 cm³/mol. The summed E-state index contributed by atoms with van der Waals surface area (Å²) < 4.78 is 7.39. The molecule has 2 aromatic rings. The van der Waals surface area contributed by atoms with Crippen molar-refractivity contribution in [2.45, 2.75) is 40.2 Å². The second kappa shape index (κ2) is 6.22. The molecule has 0 unspecified atom stereocenters. The fraction of sp³-hybridized carbons (Fsp3) is 0.412. The molecule has 0 spiro atoms. The lowest BCUT2D eigenvalue weighted by Gasteiger charge is -2.21. The van der Waals surface area contributed by atoms with Gasteiger partial charge in [-0.2, -0.15) is 5.10 Å². The SMILES string of the molecule is CCOc1ccccc1NC(=O)c1cnn(C(C)(C)C)c1C. The summed E-state index contributed by atoms with van der Waals surface area (Å²) in [5.41, 5.74) is 1.92. The van der Waals surface area contributed by atoms with Gasteiger partial charge in [0.05, 0.1) is 29.6 Å². The fourth-order valence-electron chi connectivity index (χ4n) is 2.35. The summed E-state index contributed by atoms with van der Waals surface area (Å²) in [6.45, 7) is 10.5. The Morgan fingerprint density at radius 3 is 2.59 bits per heavy atom. The fourth-order valence-corrected chi connectivity index (χ4v) is 2.35. The molecule has 0 atom stereocenters. The molecular weight excluding hydrogens is 278 g/mol. The maximum absolute atomic E-state index is 12.5. The summed E-state index contributed by atoms with van der Waals surface area (Å²) in [5.74, 6) is 0.486. The van der Waals surface area contributed by atoms with E-state index in [1.807, 2.05) is 42.8 Å². The molecule has 1 heterocycles. The van der Waals surface area contributed by atoms with Gasteiger partial charge in [-0.05, 0) is 46.8 Å². The molecule has 2 rings (SSSR count). The summed E-state index contributed by atoms with van der Waals surface area (Å²) in [5, 5.41) is 7.23. The molecule has 0 radical (unpaired) electrons. The molecule has 0 saturated heterocycles. The quantitative estimate of drug-likeness (QED) is 0.938. The Balaban J connectivity index is 2.26. The van der Waals surface area contributed by atoms with Crippen LogP contribution >= 0.6 is 0 Å². The van der Waals surface area contributed by atoms with Gasteiger partial charge in [0.15, 0.2) is 0 Å². The van der Waals surface area contributed by atoms with Crippen LogP contribution in [0.2, 0.25) is 0 Å². The van der Waals surface area contributed by atoms with Crippen LogP contribution in [0, 0.1) is 6.92 Å². The number of aromatic nitrogens is 2. The van der Waals surface area contributed by atoms with Crippen LogP contribution < -0.4 is 10.1 Å². The van der Waals surface area contributed by atoms with Crippen LogP contribution in [0.1, 0.15) is 43.7 Å². The standard InChI is InChI=1S/C17H23N3O2/c1-6-22-15-10-8-7-9-14(15)19-16(21)13-11-18-20(12(13)2)17(3,4)5/h7-11H,6H2,1-5H3,(H,19,21). The zero-order chi connectivity index (χ0) is 16.3. The third-order valence-corrected chi connectivity index (χ3v) is 3.32. The lowest BCUT2D eigenvalue weighted by Crippen LogP contribution is -2.25. The predicted octanol–water partition coefficient (Wildman–Crippen LogP) is 3.60. The number of anilines is 1. The van der Waals surface area contributed by atoms with E-state index in [0.717, 1.165) is 5.69 Å². The first-order valence-electron chi connectivity index (χ1n) is 7.43. The molecule has 1 aromatic carbocycles. The highest BCUT2D eigenvalue weighted by Crippen LogP contribution is 2.25. The Labute approximate surface area is 131 Å². The van der Waals surface area contributed by atoms with Crippen molar-refractivity contribution in [1.82, 2.24) is 9.78 Å². The van der Waals surface area contributed by atoms with Gasteiger partial charge < -0.3 is 10.1 Å². The molecule has 1 amide bonds. The van der Waals surface area contributed by atoms with Crippen LogP contribution in [0.3, 0.4) is 0 Å². The van der Waals surface area contributed by atoms with Gasteiger partial charge in [-0.3, -0.25) is 9.48 Å². The summed E-state index contributed by atoms with van der Waals surface area (Å²) in [6, 6.07) is 7.41. The van der Waals surface area contributed by atoms with Crippen LogP contribution in [0.25, 0.3) is 0 Å². The monoisotopic (exact) mass is 301 g/mol. The number of rotatable bonds is 4. The van der Waals surface area contributed by atoms with Gasteiger partial charge in [-0.15, -0.1) is 0 Å². The molecular formula is C17H23N3O2. The zero-order valence-electron chi connectivity index (χ0n) is 13.8. The average molecular weight is 301 g/mol. The molecule has 1 N–H and O–H groups in total. The molecule has 0 aliphatic heterocycles. The number of carbonyl (C=O) groups is 1. The minimum Gasteiger partial charge on any atom is -0.492 e. The number of benzene rings is 1. The Bertz CT molecular complexity index is 669. The second-order valence-corrected chi connectivity index (χ2v) is 6.11. The highest BCUT2D eigenvalue weighted by molar-refractivity contribution is 6.05. The minimum absolute atomic E-state index is 0.161. The molecule has 118 valence electrons. The number of para-hydroxylation sites is 2. The molecule has 1 aromatic heterocycles. The lowest BCUT2D eigenvalue weighted by atomic mass is 10.1. The summed E-state index contributed by atoms with van der Waals surface area (Å²) in [6.07, 6.45) is 1.61. The van der Waals surface area contributed by atoms with Crippen LogP contribution in [-0.2, 0) is 5.54 Å². The number of hydrogen-bond acceptors (Lipinski definition) is 3. The number of nitrogens with zero attached hydrogens (tertiary/aromatic N) is 2. The van der Waals surface area contributed by atoms with Crippen molar-refractivity contribution in [3.8, 4) is 5.75 Å². The summed E-state index contributed by atoms with van der Waals surface area (Å²) >= 11 is 0. The number of ether oxygens (including phenoxy) is 1. The second-order valence-electron chi connectivity index (χ2n) is 6.11. The smallest absolute Gasteiger partial charge is 0.259 e. The van der Waals surface area contributed by atoms with Crippen molar-refractivity contribution in [3.63, 3.8) is 0 Å². The first-order chi connectivity index (χ1) is 10.3. The first-order valence-corrected chi connectivity index (χ1v) is 7.43. The zero-order valence-corrected chi connectivity index (χ0v) is 13.8. The maximum Gasteiger partial charge on any atom is 0.259 e. The van der Waals surface area contributed by atoms with Crippen LogP contribution in [-0.4, -0.2) is 22.3 Å². The van der Waals surface area contributed by atoms with E-state index in [1.165, 1.54) is 0 Å². The van der Waals surface area contributed by atoms with Gasteiger partial charge in [0.25, 0.3) is 5.91 Å². The molecule has 22 heavy (non-hydrogen) atoms. The van der Waals surface area contributed by atoms with E-state index >= 15 is 0 Å². The van der Waals surface area contributed by atoms with Crippen molar-refractivity contribution < 1.29 is 9.53 Å². The molecule has 0 fully saturated rings. The van der Waals surface area contributed by atoms with Gasteiger partial charge >= 0.3 is 0 Å². The molecule has 5 nitrogen and oxygen atoms in total. The Hall–Kier alpha value is -2.30. The van der Waals surface area contributed by atoms with E-state index < -0.39 is 0 Å². The molecule has 0 aliphatic rings. The summed E-state index contributed by atoms with van der Waals surface area (Å²) in [4.78, 5) is 12.5. The third kappa shape index (κ3) is 3.30. The number of amides is 1. The summed E-state index contributed by atoms with van der Waals surface area (Å²) in [7, 11) is 0. The highest BCUT2D eigenvalue weighted by Gasteiger charge is 2.22. The van der Waals surface area contributed by atoms with E-state index in [2.05, 4.69) is 31.2 Å². The van der Waals surface area contributed by atoms with Gasteiger partial charge in [0, 0.05) is 5.69 Å². The van der Waals surface area contributed by atoms with Crippen molar-refractivity contribution in [2.24, 2.45) is 0 Å². The van der Waals surface area contributed by atoms with Gasteiger partial charge in [-0.1, -0.05) is 12.1 Å². The Kier molecular flexibility index (Phi) is 4.54. The maximum atomic E-state index is 12.5.